The van der Waals surface area contributed by atoms with E-state index >= 15 is 0 Å². The number of rotatable bonds is 13. The molecule has 0 aromatic heterocycles. The summed E-state index contributed by atoms with van der Waals surface area (Å²) >= 11 is 0. The molecule has 0 atom stereocenters. The molecule has 1 aromatic rings. The summed E-state index contributed by atoms with van der Waals surface area (Å²) < 4.78 is 5.57. The van der Waals surface area contributed by atoms with Gasteiger partial charge in [-0.2, -0.15) is 0 Å². The normalized spacial score (nSPS) is 11.7. The Morgan fingerprint density at radius 1 is 0.875 bits per heavy atom. The molecule has 0 aliphatic heterocycles. The van der Waals surface area contributed by atoms with Crippen LogP contribution >= 0.6 is 0 Å². The van der Waals surface area contributed by atoms with Crippen LogP contribution in [0.2, 0.25) is 0 Å². The maximum atomic E-state index is 11.6. The SMILES string of the molecule is COc1ccc(C(=O)O)cc1N(CC=C(C)CCC=C(C)C)CC=C(C)CCC=C(C)C. The van der Waals surface area contributed by atoms with Crippen molar-refractivity contribution in [1.29, 1.82) is 0 Å². The topological polar surface area (TPSA) is 49.8 Å². The number of methoxy groups -OCH3 is 1. The Bertz CT molecular complexity index is 827. The fourth-order valence-electron chi connectivity index (χ4n) is 3.25. The fourth-order valence-corrected chi connectivity index (χ4v) is 3.25. The Hall–Kier alpha value is -2.75. The lowest BCUT2D eigenvalue weighted by Crippen LogP contribution is -2.25. The van der Waals surface area contributed by atoms with Crippen LogP contribution in [0.1, 0.15) is 77.6 Å². The van der Waals surface area contributed by atoms with E-state index in [0.717, 1.165) is 31.4 Å². The van der Waals surface area contributed by atoms with Crippen LogP contribution in [0.3, 0.4) is 0 Å². The molecule has 1 N–H and O–H groups in total. The first-order chi connectivity index (χ1) is 15.1. The molecule has 0 aliphatic rings. The molecule has 0 fully saturated rings. The van der Waals surface area contributed by atoms with Gasteiger partial charge in [0.1, 0.15) is 5.75 Å². The van der Waals surface area contributed by atoms with Crippen molar-refractivity contribution in [3.8, 4) is 5.75 Å². The van der Waals surface area contributed by atoms with E-state index in [1.54, 1.807) is 25.3 Å². The van der Waals surface area contributed by atoms with Gasteiger partial charge in [0.05, 0.1) is 18.4 Å². The Morgan fingerprint density at radius 3 is 1.78 bits per heavy atom. The van der Waals surface area contributed by atoms with E-state index in [0.29, 0.717) is 18.8 Å². The van der Waals surface area contributed by atoms with Gasteiger partial charge in [0.2, 0.25) is 0 Å². The Labute approximate surface area is 195 Å². The number of allylic oxidation sites excluding steroid dienone is 6. The van der Waals surface area contributed by atoms with E-state index in [9.17, 15) is 9.90 Å². The molecule has 0 unspecified atom stereocenters. The van der Waals surface area contributed by atoms with Gasteiger partial charge in [0.25, 0.3) is 0 Å². The van der Waals surface area contributed by atoms with Gasteiger partial charge in [-0.05, 0) is 85.4 Å². The highest BCUT2D eigenvalue weighted by atomic mass is 16.5. The molecule has 0 bridgehead atoms. The average Bonchev–Trinajstić information content (AvgIpc) is 2.72. The molecule has 1 aromatic carbocycles. The van der Waals surface area contributed by atoms with Gasteiger partial charge in [-0.1, -0.05) is 46.6 Å². The lowest BCUT2D eigenvalue weighted by atomic mass is 10.1. The molecule has 0 spiro atoms. The number of nitrogens with zero attached hydrogens (tertiary/aromatic N) is 1. The van der Waals surface area contributed by atoms with E-state index in [4.69, 9.17) is 4.74 Å². The van der Waals surface area contributed by atoms with Crippen molar-refractivity contribution in [2.75, 3.05) is 25.1 Å². The second-order valence-electron chi connectivity index (χ2n) is 8.84. The lowest BCUT2D eigenvalue weighted by molar-refractivity contribution is 0.0697. The van der Waals surface area contributed by atoms with Gasteiger partial charge in [-0.25, -0.2) is 4.79 Å². The van der Waals surface area contributed by atoms with E-state index < -0.39 is 5.97 Å². The number of benzene rings is 1. The second-order valence-corrected chi connectivity index (χ2v) is 8.84. The summed E-state index contributed by atoms with van der Waals surface area (Å²) in [6.45, 7) is 14.2. The van der Waals surface area contributed by atoms with Gasteiger partial charge in [-0.15, -0.1) is 0 Å². The van der Waals surface area contributed by atoms with Crippen LogP contribution in [-0.4, -0.2) is 31.3 Å². The van der Waals surface area contributed by atoms with Crippen LogP contribution in [0.25, 0.3) is 0 Å². The van der Waals surface area contributed by atoms with Gasteiger partial charge in [0.15, 0.2) is 0 Å². The van der Waals surface area contributed by atoms with Gasteiger partial charge >= 0.3 is 5.97 Å². The van der Waals surface area contributed by atoms with Crippen LogP contribution in [0.5, 0.6) is 5.75 Å². The van der Waals surface area contributed by atoms with E-state index in [2.05, 4.69) is 70.7 Å². The molecule has 176 valence electrons. The predicted octanol–water partition coefficient (Wildman–Crippen LogP) is 7.59. The number of hydrogen-bond acceptors (Lipinski definition) is 3. The zero-order valence-corrected chi connectivity index (χ0v) is 21.0. The molecule has 0 aliphatic carbocycles. The van der Waals surface area contributed by atoms with Crippen molar-refractivity contribution < 1.29 is 14.6 Å². The molecule has 0 heterocycles. The molecule has 4 heteroatoms. The minimum Gasteiger partial charge on any atom is -0.495 e. The van der Waals surface area contributed by atoms with Gasteiger partial charge < -0.3 is 14.7 Å². The first-order valence-corrected chi connectivity index (χ1v) is 11.4. The standard InChI is InChI=1S/C28H41NO3/c1-21(2)10-8-12-23(5)16-18-29(19-17-24(6)13-9-11-22(3)4)26-20-25(28(30)31)14-15-27(26)32-7/h10-11,14-17,20H,8-9,12-13,18-19H2,1-7H3,(H,30,31). The third-order valence-corrected chi connectivity index (χ3v) is 5.27. The number of hydrogen-bond donors (Lipinski definition) is 1. The monoisotopic (exact) mass is 439 g/mol. The third-order valence-electron chi connectivity index (χ3n) is 5.27. The number of anilines is 1. The summed E-state index contributed by atoms with van der Waals surface area (Å²) in [6.07, 6.45) is 13.1. The number of ether oxygens (including phenoxy) is 1. The highest BCUT2D eigenvalue weighted by molar-refractivity contribution is 5.89. The van der Waals surface area contributed by atoms with Crippen molar-refractivity contribution in [1.82, 2.24) is 0 Å². The molecule has 32 heavy (non-hydrogen) atoms. The summed E-state index contributed by atoms with van der Waals surface area (Å²) in [7, 11) is 1.62. The van der Waals surface area contributed by atoms with Gasteiger partial charge in [0, 0.05) is 13.1 Å². The van der Waals surface area contributed by atoms with Crippen LogP contribution in [0.4, 0.5) is 5.69 Å². The highest BCUT2D eigenvalue weighted by Gasteiger charge is 2.14. The maximum Gasteiger partial charge on any atom is 0.335 e. The Morgan fingerprint density at radius 2 is 1.38 bits per heavy atom. The first-order valence-electron chi connectivity index (χ1n) is 11.4. The molecule has 0 amide bonds. The number of carbonyl (C=O) groups is 1. The first kappa shape index (κ1) is 27.3. The molecular weight excluding hydrogens is 398 g/mol. The van der Waals surface area contributed by atoms with Crippen LogP contribution in [-0.2, 0) is 0 Å². The number of aromatic carboxylic acids is 1. The van der Waals surface area contributed by atoms with Crippen molar-refractivity contribution in [2.45, 2.75) is 67.2 Å². The minimum absolute atomic E-state index is 0.263. The Balaban J connectivity index is 3.13. The quantitative estimate of drug-likeness (QED) is 0.322. The maximum absolute atomic E-state index is 11.6. The van der Waals surface area contributed by atoms with Crippen LogP contribution in [0.15, 0.2) is 64.8 Å². The zero-order chi connectivity index (χ0) is 24.1. The zero-order valence-electron chi connectivity index (χ0n) is 21.0. The fraction of sp³-hybridized carbons (Fsp3) is 0.464. The number of carboxylic acid groups (broad SMARTS) is 1. The van der Waals surface area contributed by atoms with E-state index in [-0.39, 0.29) is 5.56 Å². The number of carboxylic acids is 1. The summed E-state index contributed by atoms with van der Waals surface area (Å²) in [5, 5.41) is 9.48. The van der Waals surface area contributed by atoms with Crippen molar-refractivity contribution in [3.63, 3.8) is 0 Å². The third kappa shape index (κ3) is 10.5. The summed E-state index contributed by atoms with van der Waals surface area (Å²) in [5.74, 6) is -0.253. The Kier molecular flexibility index (Phi) is 12.2. The lowest BCUT2D eigenvalue weighted by Gasteiger charge is -2.25. The molecular formula is C28H41NO3. The van der Waals surface area contributed by atoms with Gasteiger partial charge in [-0.3, -0.25) is 0 Å². The van der Waals surface area contributed by atoms with Crippen molar-refractivity contribution >= 4 is 11.7 Å². The minimum atomic E-state index is -0.934. The van der Waals surface area contributed by atoms with Crippen LogP contribution in [0, 0.1) is 0 Å². The molecule has 0 radical (unpaired) electrons. The van der Waals surface area contributed by atoms with Crippen molar-refractivity contribution in [3.05, 3.63) is 70.4 Å². The smallest absolute Gasteiger partial charge is 0.335 e. The van der Waals surface area contributed by atoms with E-state index in [1.165, 1.54) is 22.3 Å². The average molecular weight is 440 g/mol. The molecule has 0 saturated heterocycles. The molecule has 0 saturated carbocycles. The van der Waals surface area contributed by atoms with Crippen LogP contribution < -0.4 is 9.64 Å². The van der Waals surface area contributed by atoms with E-state index in [1.807, 2.05) is 0 Å². The highest BCUT2D eigenvalue weighted by Crippen LogP contribution is 2.30. The summed E-state index contributed by atoms with van der Waals surface area (Å²) in [5.41, 5.74) is 6.38. The molecule has 1 rings (SSSR count). The molecule has 4 nitrogen and oxygen atoms in total. The second kappa shape index (κ2) is 14.3. The largest absolute Gasteiger partial charge is 0.495 e. The summed E-state index contributed by atoms with van der Waals surface area (Å²) in [4.78, 5) is 13.7. The predicted molar refractivity (Wildman–Crippen MR) is 137 cm³/mol. The summed E-state index contributed by atoms with van der Waals surface area (Å²) in [6, 6.07) is 5.03. The van der Waals surface area contributed by atoms with Crippen molar-refractivity contribution in [2.24, 2.45) is 0 Å².